The molecule has 1 saturated heterocycles. The first-order valence-electron chi connectivity index (χ1n) is 4.19. The summed E-state index contributed by atoms with van der Waals surface area (Å²) in [5, 5.41) is 0.959. The normalized spacial score (nSPS) is 29.9. The summed E-state index contributed by atoms with van der Waals surface area (Å²) in [7, 11) is 0. The summed E-state index contributed by atoms with van der Waals surface area (Å²) in [5.74, 6) is 0.304. The molecule has 0 bridgehead atoms. The molecule has 2 nitrogen and oxygen atoms in total. The average Bonchev–Trinajstić information content (AvgIpc) is 2.10. The molecular formula is C9H14ClNOS. The van der Waals surface area contributed by atoms with E-state index in [0.717, 1.165) is 5.70 Å². The van der Waals surface area contributed by atoms with E-state index >= 15 is 0 Å². The van der Waals surface area contributed by atoms with Gasteiger partial charge in [0.25, 0.3) is 0 Å². The third-order valence-corrected chi connectivity index (χ3v) is 3.79. The first kappa shape index (κ1) is 10.9. The van der Waals surface area contributed by atoms with Crippen LogP contribution in [0.15, 0.2) is 10.7 Å². The van der Waals surface area contributed by atoms with Crippen molar-refractivity contribution in [3.05, 3.63) is 10.7 Å². The molecule has 1 aliphatic rings. The predicted octanol–water partition coefficient (Wildman–Crippen LogP) is 2.64. The van der Waals surface area contributed by atoms with Crippen LogP contribution < -0.4 is 0 Å². The highest BCUT2D eigenvalue weighted by molar-refractivity contribution is 7.99. The molecule has 0 aromatic carbocycles. The lowest BCUT2D eigenvalue weighted by Gasteiger charge is -2.45. The van der Waals surface area contributed by atoms with Crippen LogP contribution in [0.2, 0.25) is 0 Å². The van der Waals surface area contributed by atoms with E-state index in [1.54, 1.807) is 16.7 Å². The number of halogens is 1. The van der Waals surface area contributed by atoms with E-state index in [2.05, 4.69) is 0 Å². The molecule has 13 heavy (non-hydrogen) atoms. The predicted molar refractivity (Wildman–Crippen MR) is 57.5 cm³/mol. The largest absolute Gasteiger partial charge is 0.302 e. The van der Waals surface area contributed by atoms with Crippen molar-refractivity contribution in [2.45, 2.75) is 26.1 Å². The molecule has 0 spiro atoms. The van der Waals surface area contributed by atoms with Crippen molar-refractivity contribution in [2.24, 2.45) is 5.92 Å². The first-order valence-corrected chi connectivity index (χ1v) is 5.86. The van der Waals surface area contributed by atoms with Gasteiger partial charge < -0.3 is 4.90 Å². The molecule has 0 saturated carbocycles. The fourth-order valence-electron chi connectivity index (χ4n) is 1.44. The van der Waals surface area contributed by atoms with Crippen LogP contribution in [0.25, 0.3) is 0 Å². The third kappa shape index (κ3) is 1.72. The number of β-lactam (4-membered cyclic amide) rings is 1. The standard InChI is InChI=1S/C9H14ClNOS/c1-5-8(12)11(9(5)13-4)7(3)6(2)10/h5,9H,1-4H3/b7-6+. The first-order chi connectivity index (χ1) is 6.00. The SMILES string of the molecule is CSC1C(C)C(=O)N1/C(C)=C(\C)Cl. The maximum atomic E-state index is 11.5. The molecule has 0 aromatic heterocycles. The van der Waals surface area contributed by atoms with Gasteiger partial charge in [0.15, 0.2) is 0 Å². The minimum Gasteiger partial charge on any atom is -0.302 e. The molecule has 0 aromatic rings. The Labute approximate surface area is 88.3 Å². The topological polar surface area (TPSA) is 20.3 Å². The summed E-state index contributed by atoms with van der Waals surface area (Å²) < 4.78 is 0. The molecule has 0 N–H and O–H groups in total. The number of allylic oxidation sites excluding steroid dienone is 2. The minimum absolute atomic E-state index is 0.126. The molecule has 1 heterocycles. The van der Waals surface area contributed by atoms with E-state index in [4.69, 9.17) is 11.6 Å². The molecule has 2 unspecified atom stereocenters. The van der Waals surface area contributed by atoms with Crippen molar-refractivity contribution >= 4 is 29.3 Å². The van der Waals surface area contributed by atoms with E-state index < -0.39 is 0 Å². The lowest BCUT2D eigenvalue weighted by molar-refractivity contribution is -0.145. The van der Waals surface area contributed by atoms with Gasteiger partial charge >= 0.3 is 0 Å². The van der Waals surface area contributed by atoms with Gasteiger partial charge in [-0.25, -0.2) is 0 Å². The number of hydrogen-bond donors (Lipinski definition) is 0. The molecule has 1 aliphatic heterocycles. The van der Waals surface area contributed by atoms with Gasteiger partial charge in [0.1, 0.15) is 0 Å². The molecule has 0 radical (unpaired) electrons. The zero-order valence-electron chi connectivity index (χ0n) is 8.30. The van der Waals surface area contributed by atoms with Crippen LogP contribution in [0, 0.1) is 5.92 Å². The Morgan fingerprint density at radius 3 is 2.46 bits per heavy atom. The Bertz CT molecular complexity index is 260. The highest BCUT2D eigenvalue weighted by Gasteiger charge is 2.44. The summed E-state index contributed by atoms with van der Waals surface area (Å²) in [6.45, 7) is 5.65. The molecule has 1 amide bonds. The van der Waals surface area contributed by atoms with Crippen LogP contribution in [0.5, 0.6) is 0 Å². The maximum absolute atomic E-state index is 11.5. The van der Waals surface area contributed by atoms with Crippen LogP contribution in [0.1, 0.15) is 20.8 Å². The summed E-state index contributed by atoms with van der Waals surface area (Å²) in [6.07, 6.45) is 2.01. The van der Waals surface area contributed by atoms with Gasteiger partial charge in [-0.05, 0) is 20.1 Å². The molecule has 0 aliphatic carbocycles. The highest BCUT2D eigenvalue weighted by Crippen LogP contribution is 2.37. The van der Waals surface area contributed by atoms with Crippen LogP contribution in [-0.4, -0.2) is 22.4 Å². The number of carbonyl (C=O) groups excluding carboxylic acids is 1. The van der Waals surface area contributed by atoms with E-state index in [9.17, 15) is 4.79 Å². The molecule has 2 atom stereocenters. The summed E-state index contributed by atoms with van der Waals surface area (Å²) in [5.41, 5.74) is 0.879. The second kappa shape index (κ2) is 3.93. The van der Waals surface area contributed by atoms with Crippen LogP contribution in [-0.2, 0) is 4.79 Å². The van der Waals surface area contributed by atoms with Gasteiger partial charge in [0.2, 0.25) is 5.91 Å². The minimum atomic E-state index is 0.126. The Hall–Kier alpha value is -0.150. The summed E-state index contributed by atoms with van der Waals surface area (Å²) in [6, 6.07) is 0. The summed E-state index contributed by atoms with van der Waals surface area (Å²) >= 11 is 7.54. The van der Waals surface area contributed by atoms with Gasteiger partial charge in [0.05, 0.1) is 11.3 Å². The third-order valence-electron chi connectivity index (χ3n) is 2.41. The van der Waals surface area contributed by atoms with E-state index in [1.807, 2.05) is 27.0 Å². The fraction of sp³-hybridized carbons (Fsp3) is 0.667. The number of likely N-dealkylation sites (tertiary alicyclic amines) is 1. The van der Waals surface area contributed by atoms with Crippen molar-refractivity contribution in [3.8, 4) is 0 Å². The molecule has 1 fully saturated rings. The zero-order chi connectivity index (χ0) is 10.2. The molecule has 74 valence electrons. The number of rotatable bonds is 2. The van der Waals surface area contributed by atoms with Crippen molar-refractivity contribution in [1.82, 2.24) is 4.90 Å². The molecule has 4 heteroatoms. The van der Waals surface area contributed by atoms with Gasteiger partial charge in [0, 0.05) is 10.7 Å². The Balaban J connectivity index is 2.83. The van der Waals surface area contributed by atoms with Crippen molar-refractivity contribution < 1.29 is 4.79 Å². The lowest BCUT2D eigenvalue weighted by Crippen LogP contribution is -2.56. The van der Waals surface area contributed by atoms with Crippen LogP contribution >= 0.6 is 23.4 Å². The summed E-state index contributed by atoms with van der Waals surface area (Å²) in [4.78, 5) is 13.3. The average molecular weight is 220 g/mol. The number of hydrogen-bond acceptors (Lipinski definition) is 2. The van der Waals surface area contributed by atoms with Gasteiger partial charge in [-0.1, -0.05) is 18.5 Å². The monoisotopic (exact) mass is 219 g/mol. The van der Waals surface area contributed by atoms with Gasteiger partial charge in [-0.15, -0.1) is 11.8 Å². The van der Waals surface area contributed by atoms with Crippen LogP contribution in [0.4, 0.5) is 0 Å². The Kier molecular flexibility index (Phi) is 3.30. The lowest BCUT2D eigenvalue weighted by atomic mass is 10.00. The molecule has 1 rings (SSSR count). The fourth-order valence-corrected chi connectivity index (χ4v) is 2.53. The van der Waals surface area contributed by atoms with E-state index in [-0.39, 0.29) is 17.2 Å². The Morgan fingerprint density at radius 1 is 1.54 bits per heavy atom. The maximum Gasteiger partial charge on any atom is 0.233 e. The Morgan fingerprint density at radius 2 is 2.08 bits per heavy atom. The van der Waals surface area contributed by atoms with Crippen molar-refractivity contribution in [1.29, 1.82) is 0 Å². The smallest absolute Gasteiger partial charge is 0.233 e. The highest BCUT2D eigenvalue weighted by atomic mass is 35.5. The van der Waals surface area contributed by atoms with Gasteiger partial charge in [-0.3, -0.25) is 4.79 Å². The second-order valence-corrected chi connectivity index (χ2v) is 4.76. The van der Waals surface area contributed by atoms with Crippen molar-refractivity contribution in [2.75, 3.05) is 6.26 Å². The van der Waals surface area contributed by atoms with Crippen molar-refractivity contribution in [3.63, 3.8) is 0 Å². The van der Waals surface area contributed by atoms with E-state index in [1.165, 1.54) is 0 Å². The quantitative estimate of drug-likeness (QED) is 0.666. The number of carbonyl (C=O) groups is 1. The second-order valence-electron chi connectivity index (χ2n) is 3.24. The zero-order valence-corrected chi connectivity index (χ0v) is 9.87. The van der Waals surface area contributed by atoms with Gasteiger partial charge in [-0.2, -0.15) is 0 Å². The number of thioether (sulfide) groups is 1. The molecular weight excluding hydrogens is 206 g/mol. The number of nitrogens with zero attached hydrogens (tertiary/aromatic N) is 1. The van der Waals surface area contributed by atoms with Crippen LogP contribution in [0.3, 0.4) is 0 Å². The van der Waals surface area contributed by atoms with E-state index in [0.29, 0.717) is 5.03 Å². The number of amides is 1.